The molecule has 2 aromatic heterocycles. The number of nitrogens with one attached hydrogen (secondary N) is 1. The van der Waals surface area contributed by atoms with Crippen molar-refractivity contribution in [1.82, 2.24) is 24.6 Å². The van der Waals surface area contributed by atoms with Crippen molar-refractivity contribution in [2.45, 2.75) is 59.9 Å². The van der Waals surface area contributed by atoms with Crippen molar-refractivity contribution < 1.29 is 18.6 Å². The second-order valence-corrected chi connectivity index (χ2v) is 13.3. The first-order valence-electron chi connectivity index (χ1n) is 17.1. The van der Waals surface area contributed by atoms with Crippen molar-refractivity contribution in [2.75, 3.05) is 38.2 Å². The number of hydrogen-bond donors (Lipinski definition) is 2. The normalized spacial score (nSPS) is 16.3. The third-order valence-electron chi connectivity index (χ3n) is 9.24. The van der Waals surface area contributed by atoms with E-state index in [1.165, 1.54) is 19.4 Å². The van der Waals surface area contributed by atoms with Crippen LogP contribution in [0.25, 0.3) is 10.9 Å². The Labute approximate surface area is 286 Å². The molecule has 11 heteroatoms. The van der Waals surface area contributed by atoms with Crippen LogP contribution in [-0.2, 0) is 6.54 Å². The first-order chi connectivity index (χ1) is 23.7. The van der Waals surface area contributed by atoms with Crippen LogP contribution < -0.4 is 10.1 Å². The molecule has 0 unspecified atom stereocenters. The summed E-state index contributed by atoms with van der Waals surface area (Å²) in [5, 5.41) is 18.3. The van der Waals surface area contributed by atoms with Gasteiger partial charge in [-0.15, -0.1) is 0 Å². The zero-order chi connectivity index (χ0) is 34.5. The zero-order valence-electron chi connectivity index (χ0n) is 28.7. The molecule has 3 heterocycles. The Morgan fingerprint density at radius 2 is 1.80 bits per heavy atom. The van der Waals surface area contributed by atoms with Crippen LogP contribution in [0.1, 0.15) is 63.5 Å². The van der Waals surface area contributed by atoms with E-state index in [1.807, 2.05) is 50.4 Å². The highest BCUT2D eigenvalue weighted by molar-refractivity contribution is 6.08. The van der Waals surface area contributed by atoms with Crippen LogP contribution in [0.4, 0.5) is 14.6 Å². The fourth-order valence-electron chi connectivity index (χ4n) is 6.48. The van der Waals surface area contributed by atoms with Gasteiger partial charge in [-0.3, -0.25) is 9.67 Å². The zero-order valence-corrected chi connectivity index (χ0v) is 28.7. The molecule has 2 aliphatic rings. The average Bonchev–Trinajstić information content (AvgIpc) is 3.83. The first-order valence-corrected chi connectivity index (χ1v) is 17.1. The van der Waals surface area contributed by atoms with Crippen LogP contribution >= 0.6 is 0 Å². The number of para-hydroxylation sites is 1. The van der Waals surface area contributed by atoms with Gasteiger partial charge < -0.3 is 20.1 Å². The summed E-state index contributed by atoms with van der Waals surface area (Å²) in [6, 6.07) is 11.8. The predicted octanol–water partition coefficient (Wildman–Crippen LogP) is 7.05. The number of hydrogen-bond acceptors (Lipinski definition) is 8. The lowest BCUT2D eigenvalue weighted by Crippen LogP contribution is -2.36. The number of halogens is 2. The molecule has 9 nitrogen and oxygen atoms in total. The molecule has 2 aromatic carbocycles. The molecule has 2 N–H and O–H groups in total. The van der Waals surface area contributed by atoms with Crippen molar-refractivity contribution >= 4 is 22.4 Å². The standard InChI is InChI=1S/C38H45F2N7O2/c1-24(2)37(44-36-11-14-41-26(4)43-36)31(28-12-15-46(16-13-28)22-27-9-10-27)21-42-25(3)38-30-7-5-6-8-35(30)47(45-38)23-32-33(39)19-29(20-34(32)40)49-18-17-48/h5-8,11,14,19-21,27-28,48H,9-10,12-13,15-18,22-23H2,1-4H3,(H,41,43,44)/b31-21-,42-25?. The Bertz CT molecular complexity index is 1860. The van der Waals surface area contributed by atoms with Gasteiger partial charge in [0.05, 0.1) is 24.4 Å². The van der Waals surface area contributed by atoms with Gasteiger partial charge in [-0.2, -0.15) is 5.10 Å². The van der Waals surface area contributed by atoms with E-state index in [2.05, 4.69) is 34.0 Å². The second kappa shape index (κ2) is 15.4. The van der Waals surface area contributed by atoms with E-state index in [-0.39, 0.29) is 31.1 Å². The number of fused-ring (bicyclic) bond motifs is 1. The third kappa shape index (κ3) is 8.40. The van der Waals surface area contributed by atoms with Crippen molar-refractivity contribution in [3.63, 3.8) is 0 Å². The highest BCUT2D eigenvalue weighted by Crippen LogP contribution is 2.35. The van der Waals surface area contributed by atoms with Gasteiger partial charge in [-0.25, -0.2) is 18.7 Å². The molecule has 0 bridgehead atoms. The van der Waals surface area contributed by atoms with Gasteiger partial charge in [-0.1, -0.05) is 23.8 Å². The van der Waals surface area contributed by atoms with Crippen LogP contribution in [-0.4, -0.2) is 68.3 Å². The molecule has 1 aliphatic carbocycles. The molecule has 0 radical (unpaired) electrons. The van der Waals surface area contributed by atoms with E-state index in [0.29, 0.717) is 23.1 Å². The number of anilines is 1. The summed E-state index contributed by atoms with van der Waals surface area (Å²) in [7, 11) is 0. The molecule has 4 aromatic rings. The minimum atomic E-state index is -0.740. The molecular formula is C38H45F2N7O2. The Morgan fingerprint density at radius 1 is 1.06 bits per heavy atom. The maximum atomic E-state index is 15.1. The number of likely N-dealkylation sites (tertiary alicyclic amines) is 1. The number of nitrogens with zero attached hydrogens (tertiary/aromatic N) is 6. The summed E-state index contributed by atoms with van der Waals surface area (Å²) in [6.07, 6.45) is 8.50. The number of ether oxygens (including phenoxy) is 1. The van der Waals surface area contributed by atoms with Crippen molar-refractivity contribution in [3.8, 4) is 5.75 Å². The third-order valence-corrected chi connectivity index (χ3v) is 9.24. The average molecular weight is 670 g/mol. The molecule has 1 saturated carbocycles. The summed E-state index contributed by atoms with van der Waals surface area (Å²) in [5.41, 5.74) is 5.21. The molecule has 1 aliphatic heterocycles. The Kier molecular flexibility index (Phi) is 10.8. The monoisotopic (exact) mass is 669 g/mol. The Morgan fingerprint density at radius 3 is 2.47 bits per heavy atom. The Hall–Kier alpha value is -4.48. The highest BCUT2D eigenvalue weighted by Gasteiger charge is 2.29. The maximum Gasteiger partial charge on any atom is 0.134 e. The minimum absolute atomic E-state index is 0.0260. The van der Waals surface area contributed by atoms with Crippen LogP contribution in [0.15, 0.2) is 76.7 Å². The van der Waals surface area contributed by atoms with Gasteiger partial charge in [-0.05, 0) is 96.0 Å². The number of aliphatic hydroxyl groups is 1. The van der Waals surface area contributed by atoms with Gasteiger partial charge in [0.2, 0.25) is 0 Å². The smallest absolute Gasteiger partial charge is 0.134 e. The number of allylic oxidation sites excluding steroid dienone is 2. The van der Waals surface area contributed by atoms with Crippen molar-refractivity contribution in [2.24, 2.45) is 16.8 Å². The van der Waals surface area contributed by atoms with Crippen LogP contribution in [0.3, 0.4) is 0 Å². The van der Waals surface area contributed by atoms with Gasteiger partial charge in [0.15, 0.2) is 0 Å². The number of aromatic nitrogens is 4. The maximum absolute atomic E-state index is 15.1. The predicted molar refractivity (Wildman–Crippen MR) is 189 cm³/mol. The number of benzene rings is 2. The summed E-state index contributed by atoms with van der Waals surface area (Å²) in [4.78, 5) is 16.5. The fraction of sp³-hybridized carbons (Fsp3) is 0.421. The number of piperidine rings is 1. The van der Waals surface area contributed by atoms with E-state index < -0.39 is 11.6 Å². The summed E-state index contributed by atoms with van der Waals surface area (Å²) in [6.45, 7) is 10.9. The molecule has 2 fully saturated rings. The van der Waals surface area contributed by atoms with Crippen molar-refractivity contribution in [3.05, 3.63) is 100 Å². The van der Waals surface area contributed by atoms with Gasteiger partial charge >= 0.3 is 0 Å². The lowest BCUT2D eigenvalue weighted by atomic mass is 9.86. The largest absolute Gasteiger partial charge is 0.491 e. The lowest BCUT2D eigenvalue weighted by Gasteiger charge is -2.34. The molecule has 49 heavy (non-hydrogen) atoms. The van der Waals surface area contributed by atoms with Crippen LogP contribution in [0, 0.1) is 30.4 Å². The molecule has 258 valence electrons. The Balaban J connectivity index is 1.33. The SMILES string of the molecule is CC(=N/C=C(\C(Nc1ccnc(C)n1)=C(C)C)C1CCN(CC2CC2)CC1)c1nn(Cc2c(F)cc(OCCO)cc2F)c2ccccc12. The molecule has 6 rings (SSSR count). The number of aryl methyl sites for hydroxylation is 1. The molecular weight excluding hydrogens is 624 g/mol. The van der Waals surface area contributed by atoms with E-state index in [1.54, 1.807) is 10.9 Å². The molecule has 0 amide bonds. The van der Waals surface area contributed by atoms with E-state index in [0.717, 1.165) is 77.5 Å². The van der Waals surface area contributed by atoms with E-state index in [4.69, 9.17) is 19.9 Å². The number of aliphatic hydroxyl groups excluding tert-OH is 1. The minimum Gasteiger partial charge on any atom is -0.491 e. The van der Waals surface area contributed by atoms with Crippen LogP contribution in [0.5, 0.6) is 5.75 Å². The summed E-state index contributed by atoms with van der Waals surface area (Å²) < 4.78 is 37.0. The topological polar surface area (TPSA) is 101 Å². The lowest BCUT2D eigenvalue weighted by molar-refractivity contribution is 0.192. The summed E-state index contributed by atoms with van der Waals surface area (Å²) in [5.74, 6) is 1.14. The highest BCUT2D eigenvalue weighted by atomic mass is 19.1. The van der Waals surface area contributed by atoms with Gasteiger partial charge in [0, 0.05) is 47.7 Å². The number of rotatable bonds is 13. The van der Waals surface area contributed by atoms with Crippen LogP contribution in [0.2, 0.25) is 0 Å². The first kappa shape index (κ1) is 34.4. The second-order valence-electron chi connectivity index (χ2n) is 13.3. The molecule has 0 spiro atoms. The van der Waals surface area contributed by atoms with E-state index >= 15 is 8.78 Å². The molecule has 0 atom stereocenters. The van der Waals surface area contributed by atoms with E-state index in [9.17, 15) is 0 Å². The van der Waals surface area contributed by atoms with Gasteiger partial charge in [0.25, 0.3) is 0 Å². The quantitative estimate of drug-likeness (QED) is 0.116. The van der Waals surface area contributed by atoms with Crippen molar-refractivity contribution in [1.29, 1.82) is 0 Å². The summed E-state index contributed by atoms with van der Waals surface area (Å²) >= 11 is 0. The van der Waals surface area contributed by atoms with Gasteiger partial charge in [0.1, 0.15) is 41.3 Å². The number of aliphatic imine (C=N–C) groups is 1. The fourth-order valence-corrected chi connectivity index (χ4v) is 6.48. The molecule has 1 saturated heterocycles.